The SMILES string of the molecule is CCOc1c(/C=C\c2[nH]c(=O)[nH]c(=O)c2[N+](=O)[O-])cccc1OC. The Balaban J connectivity index is 2.55. The van der Waals surface area contributed by atoms with Crippen molar-refractivity contribution in [1.29, 1.82) is 0 Å². The summed E-state index contributed by atoms with van der Waals surface area (Å²) in [5.74, 6) is 0.946. The first kappa shape index (κ1) is 17.0. The van der Waals surface area contributed by atoms with Gasteiger partial charge >= 0.3 is 16.9 Å². The normalized spacial score (nSPS) is 10.8. The number of nitrogens with zero attached hydrogens (tertiary/aromatic N) is 1. The van der Waals surface area contributed by atoms with Crippen LogP contribution in [0.5, 0.6) is 11.5 Å². The van der Waals surface area contributed by atoms with Gasteiger partial charge in [0.05, 0.1) is 18.6 Å². The van der Waals surface area contributed by atoms with E-state index < -0.39 is 21.9 Å². The monoisotopic (exact) mass is 333 g/mol. The summed E-state index contributed by atoms with van der Waals surface area (Å²) in [4.78, 5) is 37.2. The fraction of sp³-hybridized carbons (Fsp3) is 0.200. The number of aromatic amines is 2. The highest BCUT2D eigenvalue weighted by Gasteiger charge is 2.19. The summed E-state index contributed by atoms with van der Waals surface area (Å²) in [7, 11) is 1.49. The summed E-state index contributed by atoms with van der Waals surface area (Å²) in [5, 5.41) is 11.0. The number of para-hydroxylation sites is 1. The van der Waals surface area contributed by atoms with Gasteiger partial charge in [-0.2, -0.15) is 0 Å². The number of hydrogen-bond donors (Lipinski definition) is 2. The van der Waals surface area contributed by atoms with E-state index in [2.05, 4.69) is 4.98 Å². The van der Waals surface area contributed by atoms with Gasteiger partial charge in [0.15, 0.2) is 11.5 Å². The molecule has 0 bridgehead atoms. The summed E-state index contributed by atoms with van der Waals surface area (Å²) in [6, 6.07) is 5.14. The lowest BCUT2D eigenvalue weighted by Gasteiger charge is -2.11. The molecule has 2 rings (SSSR count). The number of aromatic nitrogens is 2. The molecule has 0 atom stereocenters. The predicted octanol–water partition coefficient (Wildman–Crippen LogP) is 1.55. The molecule has 9 nitrogen and oxygen atoms in total. The quantitative estimate of drug-likeness (QED) is 0.610. The van der Waals surface area contributed by atoms with E-state index in [1.165, 1.54) is 19.3 Å². The molecule has 1 heterocycles. The number of nitro groups is 1. The average molecular weight is 333 g/mol. The second-order valence-electron chi connectivity index (χ2n) is 4.57. The van der Waals surface area contributed by atoms with E-state index in [9.17, 15) is 19.7 Å². The van der Waals surface area contributed by atoms with Crippen LogP contribution in [0.1, 0.15) is 18.2 Å². The third-order valence-corrected chi connectivity index (χ3v) is 3.08. The first-order valence-corrected chi connectivity index (χ1v) is 6.96. The van der Waals surface area contributed by atoms with Crippen LogP contribution >= 0.6 is 0 Å². The molecule has 0 aliphatic carbocycles. The first-order chi connectivity index (χ1) is 11.5. The molecular formula is C15H15N3O6. The molecule has 0 spiro atoms. The molecule has 1 aromatic carbocycles. The van der Waals surface area contributed by atoms with Gasteiger partial charge in [0.1, 0.15) is 5.69 Å². The lowest BCUT2D eigenvalue weighted by atomic mass is 10.1. The van der Waals surface area contributed by atoms with Crippen molar-refractivity contribution >= 4 is 17.8 Å². The minimum Gasteiger partial charge on any atom is -0.493 e. The minimum absolute atomic E-state index is 0.209. The van der Waals surface area contributed by atoms with Crippen molar-refractivity contribution in [3.05, 3.63) is 60.4 Å². The summed E-state index contributed by atoms with van der Waals surface area (Å²) >= 11 is 0. The molecule has 0 saturated carbocycles. The van der Waals surface area contributed by atoms with Gasteiger partial charge in [-0.1, -0.05) is 12.1 Å². The molecule has 0 radical (unpaired) electrons. The number of hydrogen-bond acceptors (Lipinski definition) is 6. The molecule has 2 aromatic rings. The average Bonchev–Trinajstić information content (AvgIpc) is 2.52. The van der Waals surface area contributed by atoms with Gasteiger partial charge in [-0.3, -0.25) is 19.9 Å². The summed E-state index contributed by atoms with van der Waals surface area (Å²) in [6.07, 6.45) is 2.76. The fourth-order valence-electron chi connectivity index (χ4n) is 2.10. The summed E-state index contributed by atoms with van der Waals surface area (Å²) in [6.45, 7) is 2.20. The van der Waals surface area contributed by atoms with Crippen LogP contribution in [0, 0.1) is 10.1 Å². The van der Waals surface area contributed by atoms with Crippen LogP contribution < -0.4 is 20.7 Å². The zero-order chi connectivity index (χ0) is 17.7. The third-order valence-electron chi connectivity index (χ3n) is 3.08. The second-order valence-corrected chi connectivity index (χ2v) is 4.57. The Morgan fingerprint density at radius 1 is 1.25 bits per heavy atom. The van der Waals surface area contributed by atoms with Gasteiger partial charge in [-0.05, 0) is 25.1 Å². The van der Waals surface area contributed by atoms with Crippen molar-refractivity contribution in [2.75, 3.05) is 13.7 Å². The highest BCUT2D eigenvalue weighted by molar-refractivity contribution is 5.75. The van der Waals surface area contributed by atoms with Gasteiger partial charge in [0.2, 0.25) is 0 Å². The summed E-state index contributed by atoms with van der Waals surface area (Å²) in [5.41, 5.74) is -2.28. The predicted molar refractivity (Wildman–Crippen MR) is 87.4 cm³/mol. The number of nitrogens with one attached hydrogen (secondary N) is 2. The molecule has 9 heteroatoms. The van der Waals surface area contributed by atoms with E-state index in [0.29, 0.717) is 23.7 Å². The van der Waals surface area contributed by atoms with Crippen LogP contribution in [0.3, 0.4) is 0 Å². The van der Waals surface area contributed by atoms with Crippen molar-refractivity contribution in [2.24, 2.45) is 0 Å². The number of ether oxygens (including phenoxy) is 2. The van der Waals surface area contributed by atoms with Gasteiger partial charge in [0, 0.05) is 5.56 Å². The van der Waals surface area contributed by atoms with Gasteiger partial charge in [-0.25, -0.2) is 4.79 Å². The Hall–Kier alpha value is -3.36. The third kappa shape index (κ3) is 3.51. The van der Waals surface area contributed by atoms with E-state index in [-0.39, 0.29) is 5.69 Å². The van der Waals surface area contributed by atoms with Gasteiger partial charge in [0.25, 0.3) is 0 Å². The highest BCUT2D eigenvalue weighted by Crippen LogP contribution is 2.32. The molecule has 126 valence electrons. The van der Waals surface area contributed by atoms with E-state index in [0.717, 1.165) is 0 Å². The molecule has 0 aliphatic heterocycles. The minimum atomic E-state index is -1.07. The fourth-order valence-corrected chi connectivity index (χ4v) is 2.10. The zero-order valence-electron chi connectivity index (χ0n) is 13.0. The first-order valence-electron chi connectivity index (χ1n) is 6.96. The number of benzene rings is 1. The van der Waals surface area contributed by atoms with Crippen molar-refractivity contribution in [1.82, 2.24) is 9.97 Å². The number of H-pyrrole nitrogens is 2. The Bertz CT molecular complexity index is 897. The maximum atomic E-state index is 11.6. The van der Waals surface area contributed by atoms with Crippen molar-refractivity contribution in [3.63, 3.8) is 0 Å². The lowest BCUT2D eigenvalue weighted by Crippen LogP contribution is -2.25. The van der Waals surface area contributed by atoms with Crippen LogP contribution in [0.15, 0.2) is 27.8 Å². The van der Waals surface area contributed by atoms with Crippen LogP contribution in [0.2, 0.25) is 0 Å². The van der Waals surface area contributed by atoms with Gasteiger partial charge < -0.3 is 14.5 Å². The molecule has 0 saturated heterocycles. The summed E-state index contributed by atoms with van der Waals surface area (Å²) < 4.78 is 10.7. The van der Waals surface area contributed by atoms with E-state index in [1.807, 2.05) is 4.98 Å². The topological polar surface area (TPSA) is 127 Å². The van der Waals surface area contributed by atoms with Crippen LogP contribution in [-0.2, 0) is 0 Å². The molecule has 2 N–H and O–H groups in total. The highest BCUT2D eigenvalue weighted by atomic mass is 16.6. The maximum absolute atomic E-state index is 11.6. The molecule has 0 aliphatic rings. The van der Waals surface area contributed by atoms with Crippen molar-refractivity contribution in [2.45, 2.75) is 6.92 Å². The molecule has 0 amide bonds. The van der Waals surface area contributed by atoms with Crippen LogP contribution in [0.25, 0.3) is 12.2 Å². The molecule has 0 unspecified atom stereocenters. The molecule has 24 heavy (non-hydrogen) atoms. The molecule has 0 fully saturated rings. The maximum Gasteiger partial charge on any atom is 0.357 e. The van der Waals surface area contributed by atoms with Gasteiger partial charge in [-0.15, -0.1) is 0 Å². The van der Waals surface area contributed by atoms with E-state index in [4.69, 9.17) is 9.47 Å². The Morgan fingerprint density at radius 3 is 2.62 bits per heavy atom. The van der Waals surface area contributed by atoms with Crippen LogP contribution in [0.4, 0.5) is 5.69 Å². The largest absolute Gasteiger partial charge is 0.493 e. The zero-order valence-corrected chi connectivity index (χ0v) is 13.0. The van der Waals surface area contributed by atoms with Crippen molar-refractivity contribution in [3.8, 4) is 11.5 Å². The van der Waals surface area contributed by atoms with Crippen molar-refractivity contribution < 1.29 is 14.4 Å². The van der Waals surface area contributed by atoms with E-state index >= 15 is 0 Å². The molecular weight excluding hydrogens is 318 g/mol. The second kappa shape index (κ2) is 7.27. The Labute approximate surface area is 135 Å². The van der Waals surface area contributed by atoms with E-state index in [1.54, 1.807) is 25.1 Å². The molecule has 1 aromatic heterocycles. The smallest absolute Gasteiger partial charge is 0.357 e. The Morgan fingerprint density at radius 2 is 2.00 bits per heavy atom. The number of methoxy groups -OCH3 is 1. The number of rotatable bonds is 6. The standard InChI is InChI=1S/C15H15N3O6/c1-3-24-13-9(5-4-6-11(13)23-2)7-8-10-12(18(21)22)14(19)17-15(20)16-10/h4-8H,3H2,1-2H3,(H2,16,17,19,20)/b8-7-. The Kier molecular flexibility index (Phi) is 5.15. The lowest BCUT2D eigenvalue weighted by molar-refractivity contribution is -0.386. The van der Waals surface area contributed by atoms with Crippen LogP contribution in [-0.4, -0.2) is 28.6 Å².